The first-order chi connectivity index (χ1) is 11.5. The Morgan fingerprint density at radius 1 is 1.54 bits per heavy atom. The van der Waals surface area contributed by atoms with Gasteiger partial charge in [0.05, 0.1) is 16.6 Å². The van der Waals surface area contributed by atoms with Gasteiger partial charge in [-0.2, -0.15) is 5.10 Å². The van der Waals surface area contributed by atoms with E-state index in [0.717, 1.165) is 13.0 Å². The van der Waals surface area contributed by atoms with Crippen molar-refractivity contribution in [2.24, 2.45) is 13.0 Å². The van der Waals surface area contributed by atoms with Crippen LogP contribution in [0.1, 0.15) is 12.8 Å². The molecule has 2 N–H and O–H groups in total. The van der Waals surface area contributed by atoms with Gasteiger partial charge in [0.15, 0.2) is 6.61 Å². The number of hydrogen-bond acceptors (Lipinski definition) is 5. The van der Waals surface area contributed by atoms with Crippen molar-refractivity contribution in [1.29, 1.82) is 0 Å². The van der Waals surface area contributed by atoms with E-state index in [1.54, 1.807) is 24.1 Å². The van der Waals surface area contributed by atoms with Gasteiger partial charge < -0.3 is 15.2 Å². The van der Waals surface area contributed by atoms with Crippen molar-refractivity contribution in [2.75, 3.05) is 6.61 Å². The van der Waals surface area contributed by atoms with Gasteiger partial charge in [-0.25, -0.2) is 0 Å². The van der Waals surface area contributed by atoms with E-state index in [2.05, 4.69) is 31.4 Å². The van der Waals surface area contributed by atoms with E-state index in [9.17, 15) is 9.90 Å². The Balaban J connectivity index is 1.46. The van der Waals surface area contributed by atoms with E-state index in [-0.39, 0.29) is 24.5 Å². The second-order valence-corrected chi connectivity index (χ2v) is 6.91. The standard InChI is InChI=1S/C15H20BrN5O3/c1-20-8-11(16)15(19-20)24-9-14(23)18-12-5-10(6-13(12)22)7-21-4-2-3-17-21/h2-4,8,10,12-13,22H,5-7,9H2,1H3,(H,18,23)/t10?,12-,13-/m1/s1. The SMILES string of the molecule is Cn1cc(Br)c(OCC(=O)N[C@@H]2CC(Cn3cccn3)C[C@H]2O)n1. The average molecular weight is 398 g/mol. The van der Waals surface area contributed by atoms with Crippen LogP contribution in [0.2, 0.25) is 0 Å². The van der Waals surface area contributed by atoms with E-state index >= 15 is 0 Å². The number of ether oxygens (including phenoxy) is 1. The van der Waals surface area contributed by atoms with Gasteiger partial charge in [-0.15, -0.1) is 5.10 Å². The molecule has 1 saturated carbocycles. The predicted molar refractivity (Wildman–Crippen MR) is 89.3 cm³/mol. The van der Waals surface area contributed by atoms with Gasteiger partial charge in [0.25, 0.3) is 5.91 Å². The van der Waals surface area contributed by atoms with Crippen LogP contribution in [0.25, 0.3) is 0 Å². The maximum atomic E-state index is 12.0. The molecule has 0 bridgehead atoms. The third-order valence-corrected chi connectivity index (χ3v) is 4.61. The molecule has 0 aliphatic heterocycles. The molecule has 0 aromatic carbocycles. The molecule has 1 unspecified atom stereocenters. The molecule has 0 spiro atoms. The number of aromatic nitrogens is 4. The summed E-state index contributed by atoms with van der Waals surface area (Å²) in [6.45, 7) is 0.608. The molecule has 1 aliphatic carbocycles. The topological polar surface area (TPSA) is 94.2 Å². The zero-order valence-electron chi connectivity index (χ0n) is 13.3. The number of carbonyl (C=O) groups excluding carboxylic acids is 1. The zero-order chi connectivity index (χ0) is 17.1. The van der Waals surface area contributed by atoms with Gasteiger partial charge in [0.1, 0.15) is 0 Å². The fourth-order valence-corrected chi connectivity index (χ4v) is 3.50. The van der Waals surface area contributed by atoms with Crippen LogP contribution in [0.15, 0.2) is 29.1 Å². The Labute approximate surface area is 147 Å². The first-order valence-corrected chi connectivity index (χ1v) is 8.57. The number of halogens is 1. The highest BCUT2D eigenvalue weighted by molar-refractivity contribution is 9.10. The maximum absolute atomic E-state index is 12.0. The molecule has 9 heteroatoms. The summed E-state index contributed by atoms with van der Waals surface area (Å²) < 4.78 is 9.53. The van der Waals surface area contributed by atoms with Crippen LogP contribution < -0.4 is 10.1 Å². The molecule has 1 fully saturated rings. The lowest BCUT2D eigenvalue weighted by Gasteiger charge is -2.16. The fraction of sp³-hybridized carbons (Fsp3) is 0.533. The Bertz CT molecular complexity index is 687. The van der Waals surface area contributed by atoms with Gasteiger partial charge in [-0.1, -0.05) is 0 Å². The van der Waals surface area contributed by atoms with E-state index in [1.165, 1.54) is 0 Å². The number of nitrogens with one attached hydrogen (secondary N) is 1. The second-order valence-electron chi connectivity index (χ2n) is 6.05. The molecule has 1 amide bonds. The highest BCUT2D eigenvalue weighted by Gasteiger charge is 2.34. The van der Waals surface area contributed by atoms with Gasteiger partial charge in [0.2, 0.25) is 5.88 Å². The number of amides is 1. The summed E-state index contributed by atoms with van der Waals surface area (Å²) in [6.07, 6.45) is 6.20. The summed E-state index contributed by atoms with van der Waals surface area (Å²) in [6, 6.07) is 1.62. The quantitative estimate of drug-likeness (QED) is 0.748. The maximum Gasteiger partial charge on any atom is 0.258 e. The molecule has 2 aromatic heterocycles. The Morgan fingerprint density at radius 2 is 2.38 bits per heavy atom. The van der Waals surface area contributed by atoms with Crippen molar-refractivity contribution in [3.63, 3.8) is 0 Å². The van der Waals surface area contributed by atoms with Gasteiger partial charge in [0, 0.05) is 32.2 Å². The normalized spacial score (nSPS) is 23.4. The summed E-state index contributed by atoms with van der Waals surface area (Å²) in [5, 5.41) is 21.3. The monoisotopic (exact) mass is 397 g/mol. The van der Waals surface area contributed by atoms with Crippen LogP contribution in [0.3, 0.4) is 0 Å². The first-order valence-electron chi connectivity index (χ1n) is 7.78. The van der Waals surface area contributed by atoms with Crippen molar-refractivity contribution in [1.82, 2.24) is 24.9 Å². The molecule has 2 heterocycles. The summed E-state index contributed by atoms with van der Waals surface area (Å²) in [7, 11) is 1.77. The van der Waals surface area contributed by atoms with E-state index in [0.29, 0.717) is 16.8 Å². The lowest BCUT2D eigenvalue weighted by Crippen LogP contribution is -2.42. The fourth-order valence-electron chi connectivity index (χ4n) is 3.01. The summed E-state index contributed by atoms with van der Waals surface area (Å²) in [5.74, 6) is 0.392. The Kier molecular flexibility index (Phi) is 5.20. The summed E-state index contributed by atoms with van der Waals surface area (Å²) in [5.41, 5.74) is 0. The second kappa shape index (κ2) is 7.35. The summed E-state index contributed by atoms with van der Waals surface area (Å²) in [4.78, 5) is 12.0. The van der Waals surface area contributed by atoms with E-state index in [1.807, 2.05) is 16.9 Å². The van der Waals surface area contributed by atoms with Crippen LogP contribution in [-0.2, 0) is 18.4 Å². The van der Waals surface area contributed by atoms with Gasteiger partial charge >= 0.3 is 0 Å². The number of aryl methyl sites for hydroxylation is 1. The van der Waals surface area contributed by atoms with E-state index < -0.39 is 6.10 Å². The first kappa shape index (κ1) is 17.0. The van der Waals surface area contributed by atoms with Crippen molar-refractivity contribution in [2.45, 2.75) is 31.5 Å². The lowest BCUT2D eigenvalue weighted by atomic mass is 10.1. The molecule has 1 aliphatic rings. The predicted octanol–water partition coefficient (Wildman–Crippen LogP) is 0.714. The highest BCUT2D eigenvalue weighted by atomic mass is 79.9. The number of nitrogens with zero attached hydrogens (tertiary/aromatic N) is 4. The number of aliphatic hydroxyl groups excluding tert-OH is 1. The summed E-state index contributed by atoms with van der Waals surface area (Å²) >= 11 is 3.31. The van der Waals surface area contributed by atoms with Crippen LogP contribution in [0, 0.1) is 5.92 Å². The largest absolute Gasteiger partial charge is 0.466 e. The minimum atomic E-state index is -0.545. The van der Waals surface area contributed by atoms with Crippen LogP contribution in [-0.4, -0.2) is 49.3 Å². The Morgan fingerprint density at radius 3 is 3.04 bits per heavy atom. The molecule has 8 nitrogen and oxygen atoms in total. The Hall–Kier alpha value is -1.87. The van der Waals surface area contributed by atoms with Crippen LogP contribution in [0.4, 0.5) is 0 Å². The molecular formula is C15H20BrN5O3. The van der Waals surface area contributed by atoms with Crippen LogP contribution in [0.5, 0.6) is 5.88 Å². The minimum absolute atomic E-state index is 0.136. The molecule has 2 aromatic rings. The molecule has 3 atom stereocenters. The smallest absolute Gasteiger partial charge is 0.258 e. The zero-order valence-corrected chi connectivity index (χ0v) is 14.9. The van der Waals surface area contributed by atoms with Crippen molar-refractivity contribution < 1.29 is 14.6 Å². The third kappa shape index (κ3) is 4.15. The highest BCUT2D eigenvalue weighted by Crippen LogP contribution is 2.27. The number of hydrogen-bond donors (Lipinski definition) is 2. The minimum Gasteiger partial charge on any atom is -0.466 e. The molecular weight excluding hydrogens is 378 g/mol. The van der Waals surface area contributed by atoms with Crippen molar-refractivity contribution >= 4 is 21.8 Å². The van der Waals surface area contributed by atoms with Gasteiger partial charge in [-0.3, -0.25) is 14.2 Å². The average Bonchev–Trinajstić information content (AvgIpc) is 3.21. The third-order valence-electron chi connectivity index (χ3n) is 4.07. The number of rotatable bonds is 6. The molecule has 24 heavy (non-hydrogen) atoms. The number of aliphatic hydroxyl groups is 1. The van der Waals surface area contributed by atoms with Crippen molar-refractivity contribution in [3.05, 3.63) is 29.1 Å². The van der Waals surface area contributed by atoms with Crippen LogP contribution >= 0.6 is 15.9 Å². The number of carbonyl (C=O) groups is 1. The molecule has 3 rings (SSSR count). The van der Waals surface area contributed by atoms with Crippen molar-refractivity contribution in [3.8, 4) is 5.88 Å². The lowest BCUT2D eigenvalue weighted by molar-refractivity contribution is -0.124. The molecule has 130 valence electrons. The molecule has 0 saturated heterocycles. The molecule has 0 radical (unpaired) electrons. The van der Waals surface area contributed by atoms with E-state index in [4.69, 9.17) is 4.74 Å². The van der Waals surface area contributed by atoms with Gasteiger partial charge in [-0.05, 0) is 40.8 Å².